The Morgan fingerprint density at radius 1 is 1.11 bits per heavy atom. The molecule has 2 aromatic carbocycles. The lowest BCUT2D eigenvalue weighted by Gasteiger charge is -2.00. The minimum absolute atomic E-state index is 0.214. The second kappa shape index (κ2) is 4.53. The van der Waals surface area contributed by atoms with Gasteiger partial charge in [0.15, 0.2) is 5.82 Å². The van der Waals surface area contributed by atoms with E-state index in [9.17, 15) is 9.18 Å². The van der Waals surface area contributed by atoms with Gasteiger partial charge in [0.2, 0.25) is 5.95 Å². The summed E-state index contributed by atoms with van der Waals surface area (Å²) in [6.07, 6.45) is 0. The van der Waals surface area contributed by atoms with Gasteiger partial charge < -0.3 is 4.98 Å². The quantitative estimate of drug-likeness (QED) is 0.739. The van der Waals surface area contributed by atoms with E-state index < -0.39 is 5.82 Å². The first kappa shape index (κ1) is 11.4. The number of rotatable bonds is 2. The molecule has 0 spiro atoms. The molecule has 0 atom stereocenters. The minimum Gasteiger partial charge on any atom is -0.324 e. The molecule has 94 valence electrons. The van der Waals surface area contributed by atoms with Gasteiger partial charge in [-0.3, -0.25) is 10.1 Å². The SMILES string of the molecule is O=C(Nc1nc2c(F)cccc2[nH]1)c1ccccc1. The normalized spacial score (nSPS) is 10.6. The van der Waals surface area contributed by atoms with Crippen molar-refractivity contribution < 1.29 is 9.18 Å². The highest BCUT2D eigenvalue weighted by Gasteiger charge is 2.10. The summed E-state index contributed by atoms with van der Waals surface area (Å²) in [4.78, 5) is 18.8. The molecular formula is C14H10FN3O. The maximum Gasteiger partial charge on any atom is 0.257 e. The van der Waals surface area contributed by atoms with Gasteiger partial charge in [0.1, 0.15) is 5.52 Å². The predicted molar refractivity (Wildman–Crippen MR) is 70.4 cm³/mol. The average Bonchev–Trinajstić information content (AvgIpc) is 2.84. The number of carbonyl (C=O) groups excluding carboxylic acids is 1. The largest absolute Gasteiger partial charge is 0.324 e. The number of anilines is 1. The highest BCUT2D eigenvalue weighted by atomic mass is 19.1. The van der Waals surface area contributed by atoms with Crippen molar-refractivity contribution in [2.24, 2.45) is 0 Å². The molecule has 0 radical (unpaired) electrons. The summed E-state index contributed by atoms with van der Waals surface area (Å²) < 4.78 is 13.5. The summed E-state index contributed by atoms with van der Waals surface area (Å²) in [7, 11) is 0. The first-order valence-corrected chi connectivity index (χ1v) is 5.75. The van der Waals surface area contributed by atoms with E-state index in [1.54, 1.807) is 36.4 Å². The lowest BCUT2D eigenvalue weighted by molar-refractivity contribution is 0.102. The molecule has 0 unspecified atom stereocenters. The minimum atomic E-state index is -0.422. The molecule has 0 fully saturated rings. The molecule has 3 rings (SSSR count). The van der Waals surface area contributed by atoms with Gasteiger partial charge in [-0.05, 0) is 24.3 Å². The summed E-state index contributed by atoms with van der Waals surface area (Å²) in [5, 5.41) is 2.60. The van der Waals surface area contributed by atoms with E-state index in [1.807, 2.05) is 6.07 Å². The number of hydrogen-bond acceptors (Lipinski definition) is 2. The maximum atomic E-state index is 13.5. The van der Waals surface area contributed by atoms with E-state index in [-0.39, 0.29) is 17.4 Å². The fraction of sp³-hybridized carbons (Fsp3) is 0. The zero-order chi connectivity index (χ0) is 13.2. The van der Waals surface area contributed by atoms with Crippen molar-refractivity contribution >= 4 is 22.9 Å². The first-order valence-electron chi connectivity index (χ1n) is 5.75. The number of carbonyl (C=O) groups is 1. The van der Waals surface area contributed by atoms with Crippen molar-refractivity contribution in [2.45, 2.75) is 0 Å². The lowest BCUT2D eigenvalue weighted by atomic mass is 10.2. The molecule has 0 aliphatic rings. The van der Waals surface area contributed by atoms with Crippen molar-refractivity contribution in [3.8, 4) is 0 Å². The third kappa shape index (κ3) is 2.18. The van der Waals surface area contributed by atoms with E-state index in [0.29, 0.717) is 11.1 Å². The number of imidazole rings is 1. The number of benzene rings is 2. The summed E-state index contributed by atoms with van der Waals surface area (Å²) in [5.41, 5.74) is 1.28. The number of amides is 1. The van der Waals surface area contributed by atoms with E-state index >= 15 is 0 Å². The van der Waals surface area contributed by atoms with Crippen LogP contribution in [0, 0.1) is 5.82 Å². The van der Waals surface area contributed by atoms with Crippen LogP contribution in [0.25, 0.3) is 11.0 Å². The zero-order valence-corrected chi connectivity index (χ0v) is 9.85. The molecule has 3 aromatic rings. The fourth-order valence-electron chi connectivity index (χ4n) is 1.83. The third-order valence-electron chi connectivity index (χ3n) is 2.73. The highest BCUT2D eigenvalue weighted by Crippen LogP contribution is 2.17. The van der Waals surface area contributed by atoms with Crippen LogP contribution in [-0.2, 0) is 0 Å². The lowest BCUT2D eigenvalue weighted by Crippen LogP contribution is -2.12. The van der Waals surface area contributed by atoms with Crippen LogP contribution in [0.5, 0.6) is 0 Å². The van der Waals surface area contributed by atoms with E-state index in [0.717, 1.165) is 0 Å². The topological polar surface area (TPSA) is 57.8 Å². The fourth-order valence-corrected chi connectivity index (χ4v) is 1.83. The summed E-state index contributed by atoms with van der Waals surface area (Å²) >= 11 is 0. The predicted octanol–water partition coefficient (Wildman–Crippen LogP) is 2.95. The number of aromatic nitrogens is 2. The van der Waals surface area contributed by atoms with Gasteiger partial charge in [0.05, 0.1) is 5.52 Å². The Morgan fingerprint density at radius 3 is 2.63 bits per heavy atom. The molecule has 4 nitrogen and oxygen atoms in total. The van der Waals surface area contributed by atoms with Gasteiger partial charge in [0.25, 0.3) is 5.91 Å². The number of nitrogens with zero attached hydrogens (tertiary/aromatic N) is 1. The van der Waals surface area contributed by atoms with Gasteiger partial charge in [0, 0.05) is 5.56 Å². The van der Waals surface area contributed by atoms with Crippen LogP contribution in [0.2, 0.25) is 0 Å². The van der Waals surface area contributed by atoms with Gasteiger partial charge in [-0.15, -0.1) is 0 Å². The van der Waals surface area contributed by atoms with Crippen LogP contribution in [0.1, 0.15) is 10.4 Å². The van der Waals surface area contributed by atoms with Gasteiger partial charge in [-0.2, -0.15) is 0 Å². The molecule has 2 N–H and O–H groups in total. The number of para-hydroxylation sites is 1. The van der Waals surface area contributed by atoms with Crippen molar-refractivity contribution in [3.63, 3.8) is 0 Å². The molecular weight excluding hydrogens is 245 g/mol. The summed E-state index contributed by atoms with van der Waals surface area (Å²) in [6, 6.07) is 13.4. The van der Waals surface area contributed by atoms with Gasteiger partial charge in [-0.1, -0.05) is 24.3 Å². The number of aromatic amines is 1. The molecule has 0 aliphatic carbocycles. The number of H-pyrrole nitrogens is 1. The smallest absolute Gasteiger partial charge is 0.257 e. The Bertz CT molecular complexity index is 737. The van der Waals surface area contributed by atoms with Gasteiger partial charge in [-0.25, -0.2) is 9.37 Å². The molecule has 1 aromatic heterocycles. The van der Waals surface area contributed by atoms with Crippen LogP contribution < -0.4 is 5.32 Å². The zero-order valence-electron chi connectivity index (χ0n) is 9.85. The van der Waals surface area contributed by atoms with Crippen molar-refractivity contribution in [3.05, 3.63) is 59.9 Å². The van der Waals surface area contributed by atoms with Crippen LogP contribution >= 0.6 is 0 Å². The standard InChI is InChI=1S/C14H10FN3O/c15-10-7-4-8-11-12(10)17-14(16-11)18-13(19)9-5-2-1-3-6-9/h1-8H,(H2,16,17,18,19). The molecule has 0 bridgehead atoms. The number of nitrogens with one attached hydrogen (secondary N) is 2. The second-order valence-electron chi connectivity index (χ2n) is 4.04. The Labute approximate surface area is 108 Å². The highest BCUT2D eigenvalue weighted by molar-refractivity contribution is 6.03. The van der Waals surface area contributed by atoms with Crippen LogP contribution in [0.15, 0.2) is 48.5 Å². The summed E-state index contributed by atoms with van der Waals surface area (Å²) in [6.45, 7) is 0. The molecule has 1 amide bonds. The monoisotopic (exact) mass is 255 g/mol. The average molecular weight is 255 g/mol. The van der Waals surface area contributed by atoms with Gasteiger partial charge >= 0.3 is 0 Å². The van der Waals surface area contributed by atoms with Crippen LogP contribution in [0.4, 0.5) is 10.3 Å². The Balaban J connectivity index is 1.90. The molecule has 1 heterocycles. The Morgan fingerprint density at radius 2 is 1.89 bits per heavy atom. The second-order valence-corrected chi connectivity index (χ2v) is 4.04. The Hall–Kier alpha value is -2.69. The molecule has 5 heteroatoms. The summed E-state index contributed by atoms with van der Waals surface area (Å²) in [5.74, 6) is -0.483. The molecule has 19 heavy (non-hydrogen) atoms. The molecule has 0 saturated carbocycles. The number of halogens is 1. The third-order valence-corrected chi connectivity index (χ3v) is 2.73. The van der Waals surface area contributed by atoms with E-state index in [2.05, 4.69) is 15.3 Å². The van der Waals surface area contributed by atoms with Crippen LogP contribution in [-0.4, -0.2) is 15.9 Å². The van der Waals surface area contributed by atoms with E-state index in [1.165, 1.54) is 6.07 Å². The Kier molecular flexibility index (Phi) is 2.72. The van der Waals surface area contributed by atoms with Crippen molar-refractivity contribution in [1.82, 2.24) is 9.97 Å². The molecule has 0 aliphatic heterocycles. The first-order chi connectivity index (χ1) is 9.24. The number of hydrogen-bond donors (Lipinski definition) is 2. The maximum absolute atomic E-state index is 13.5. The van der Waals surface area contributed by atoms with Crippen LogP contribution in [0.3, 0.4) is 0 Å². The van der Waals surface area contributed by atoms with Crippen molar-refractivity contribution in [2.75, 3.05) is 5.32 Å². The number of fused-ring (bicyclic) bond motifs is 1. The molecule has 0 saturated heterocycles. The van der Waals surface area contributed by atoms with Crippen molar-refractivity contribution in [1.29, 1.82) is 0 Å². The van der Waals surface area contributed by atoms with E-state index in [4.69, 9.17) is 0 Å².